The second kappa shape index (κ2) is 6.11. The van der Waals surface area contributed by atoms with Gasteiger partial charge < -0.3 is 10.2 Å². The zero-order chi connectivity index (χ0) is 14.6. The van der Waals surface area contributed by atoms with Gasteiger partial charge in [0, 0.05) is 13.1 Å². The van der Waals surface area contributed by atoms with E-state index in [0.717, 1.165) is 37.9 Å². The lowest BCUT2D eigenvalue weighted by molar-refractivity contribution is -0.141. The largest absolute Gasteiger partial charge is 0.433 e. The van der Waals surface area contributed by atoms with E-state index in [1.165, 1.54) is 6.07 Å². The fourth-order valence-corrected chi connectivity index (χ4v) is 2.11. The van der Waals surface area contributed by atoms with E-state index >= 15 is 0 Å². The fraction of sp³-hybridized carbons (Fsp3) is 0.538. The third-order valence-corrected chi connectivity index (χ3v) is 3.20. The smallest absolute Gasteiger partial charge is 0.325 e. The average Bonchev–Trinajstić information content (AvgIpc) is 2.67. The third kappa shape index (κ3) is 3.85. The summed E-state index contributed by atoms with van der Waals surface area (Å²) in [5.74, 6) is 0. The maximum atomic E-state index is 12.4. The lowest BCUT2D eigenvalue weighted by Crippen LogP contribution is -2.35. The van der Waals surface area contributed by atoms with Crippen molar-refractivity contribution >= 4 is 11.7 Å². The van der Waals surface area contributed by atoms with Crippen LogP contribution in [0.5, 0.6) is 0 Å². The van der Waals surface area contributed by atoms with Crippen LogP contribution in [-0.2, 0) is 6.18 Å². The summed E-state index contributed by atoms with van der Waals surface area (Å²) in [5.41, 5.74) is -0.697. The SMILES string of the molecule is O=C(Nc1ccc(C(F)(F)F)nc1)N1CCCCCC1. The number of rotatable bonds is 1. The Morgan fingerprint density at radius 1 is 1.15 bits per heavy atom. The zero-order valence-electron chi connectivity index (χ0n) is 10.9. The van der Waals surface area contributed by atoms with Crippen molar-refractivity contribution in [1.29, 1.82) is 0 Å². The average molecular weight is 287 g/mol. The molecule has 0 radical (unpaired) electrons. The molecule has 0 aromatic carbocycles. The van der Waals surface area contributed by atoms with Gasteiger partial charge in [0.05, 0.1) is 11.9 Å². The van der Waals surface area contributed by atoms with Gasteiger partial charge in [-0.05, 0) is 25.0 Å². The molecule has 7 heteroatoms. The molecule has 4 nitrogen and oxygen atoms in total. The molecule has 1 saturated heterocycles. The molecule has 2 amide bonds. The van der Waals surface area contributed by atoms with E-state index in [9.17, 15) is 18.0 Å². The number of urea groups is 1. The highest BCUT2D eigenvalue weighted by Crippen LogP contribution is 2.27. The van der Waals surface area contributed by atoms with Gasteiger partial charge in [-0.15, -0.1) is 0 Å². The minimum atomic E-state index is -4.46. The number of aromatic nitrogens is 1. The van der Waals surface area contributed by atoms with Crippen molar-refractivity contribution in [2.45, 2.75) is 31.9 Å². The predicted octanol–water partition coefficient (Wildman–Crippen LogP) is 3.51. The maximum absolute atomic E-state index is 12.4. The van der Waals surface area contributed by atoms with Crippen LogP contribution in [0.4, 0.5) is 23.7 Å². The Balaban J connectivity index is 1.97. The van der Waals surface area contributed by atoms with Crippen LogP contribution < -0.4 is 5.32 Å². The van der Waals surface area contributed by atoms with Crippen LogP contribution in [0, 0.1) is 0 Å². The number of pyridine rings is 1. The lowest BCUT2D eigenvalue weighted by atomic mass is 10.2. The number of likely N-dealkylation sites (tertiary alicyclic amines) is 1. The van der Waals surface area contributed by atoms with Gasteiger partial charge in [-0.3, -0.25) is 0 Å². The minimum Gasteiger partial charge on any atom is -0.325 e. The topological polar surface area (TPSA) is 45.2 Å². The number of hydrogen-bond acceptors (Lipinski definition) is 2. The Morgan fingerprint density at radius 2 is 1.80 bits per heavy atom. The molecule has 2 rings (SSSR count). The first-order valence-electron chi connectivity index (χ1n) is 6.56. The standard InChI is InChI=1S/C13H16F3N3O/c14-13(15,16)11-6-5-10(9-17-11)18-12(20)19-7-3-1-2-4-8-19/h5-6,9H,1-4,7-8H2,(H,18,20). The molecule has 1 N–H and O–H groups in total. The molecular formula is C13H16F3N3O. The summed E-state index contributed by atoms with van der Waals surface area (Å²) >= 11 is 0. The van der Waals surface area contributed by atoms with E-state index in [4.69, 9.17) is 0 Å². The number of halogens is 3. The Hall–Kier alpha value is -1.79. The van der Waals surface area contributed by atoms with E-state index in [1.54, 1.807) is 4.90 Å². The highest BCUT2D eigenvalue weighted by molar-refractivity contribution is 5.89. The Bertz CT molecular complexity index is 451. The second-order valence-corrected chi connectivity index (χ2v) is 4.76. The number of anilines is 1. The van der Waals surface area contributed by atoms with Crippen LogP contribution in [0.1, 0.15) is 31.4 Å². The molecule has 1 aromatic heterocycles. The summed E-state index contributed by atoms with van der Waals surface area (Å²) in [6.45, 7) is 1.36. The molecule has 0 atom stereocenters. The van der Waals surface area contributed by atoms with Crippen LogP contribution in [0.15, 0.2) is 18.3 Å². The van der Waals surface area contributed by atoms with E-state index in [0.29, 0.717) is 13.1 Å². The summed E-state index contributed by atoms with van der Waals surface area (Å²) in [5, 5.41) is 2.58. The molecule has 1 aliphatic heterocycles. The van der Waals surface area contributed by atoms with Gasteiger partial charge in [0.25, 0.3) is 0 Å². The number of hydrogen-bond donors (Lipinski definition) is 1. The number of carbonyl (C=O) groups is 1. The molecule has 0 saturated carbocycles. The number of nitrogens with zero attached hydrogens (tertiary/aromatic N) is 2. The Kier molecular flexibility index (Phi) is 4.46. The van der Waals surface area contributed by atoms with E-state index < -0.39 is 11.9 Å². The Labute approximate surface area is 115 Å². The van der Waals surface area contributed by atoms with Gasteiger partial charge in [0.1, 0.15) is 5.69 Å². The Morgan fingerprint density at radius 3 is 2.30 bits per heavy atom. The van der Waals surface area contributed by atoms with Crippen molar-refractivity contribution < 1.29 is 18.0 Å². The van der Waals surface area contributed by atoms with Crippen molar-refractivity contribution in [3.05, 3.63) is 24.0 Å². The quantitative estimate of drug-likeness (QED) is 0.859. The molecule has 0 spiro atoms. The molecule has 0 aliphatic carbocycles. The van der Waals surface area contributed by atoms with Crippen molar-refractivity contribution in [1.82, 2.24) is 9.88 Å². The summed E-state index contributed by atoms with van der Waals surface area (Å²) in [6, 6.07) is 1.79. The summed E-state index contributed by atoms with van der Waals surface area (Å²) in [7, 11) is 0. The zero-order valence-corrected chi connectivity index (χ0v) is 10.9. The molecule has 1 aromatic rings. The van der Waals surface area contributed by atoms with Crippen LogP contribution in [0.25, 0.3) is 0 Å². The van der Waals surface area contributed by atoms with E-state index in [1.807, 2.05) is 0 Å². The van der Waals surface area contributed by atoms with E-state index in [-0.39, 0.29) is 11.7 Å². The van der Waals surface area contributed by atoms with Crippen LogP contribution in [0.2, 0.25) is 0 Å². The van der Waals surface area contributed by atoms with Crippen molar-refractivity contribution in [3.63, 3.8) is 0 Å². The van der Waals surface area contributed by atoms with Crippen molar-refractivity contribution in [3.8, 4) is 0 Å². The van der Waals surface area contributed by atoms with Gasteiger partial charge in [-0.1, -0.05) is 12.8 Å². The number of alkyl halides is 3. The van der Waals surface area contributed by atoms with Crippen molar-refractivity contribution in [2.24, 2.45) is 0 Å². The maximum Gasteiger partial charge on any atom is 0.433 e. The first-order chi connectivity index (χ1) is 9.47. The lowest BCUT2D eigenvalue weighted by Gasteiger charge is -2.20. The van der Waals surface area contributed by atoms with Gasteiger partial charge in [0.15, 0.2) is 0 Å². The van der Waals surface area contributed by atoms with Crippen molar-refractivity contribution in [2.75, 3.05) is 18.4 Å². The molecule has 110 valence electrons. The van der Waals surface area contributed by atoms with Gasteiger partial charge in [-0.2, -0.15) is 13.2 Å². The van der Waals surface area contributed by atoms with Gasteiger partial charge in [0.2, 0.25) is 0 Å². The van der Waals surface area contributed by atoms with Gasteiger partial charge in [-0.25, -0.2) is 9.78 Å². The van der Waals surface area contributed by atoms with Crippen LogP contribution >= 0.6 is 0 Å². The number of carbonyl (C=O) groups excluding carboxylic acids is 1. The second-order valence-electron chi connectivity index (χ2n) is 4.76. The van der Waals surface area contributed by atoms with Crippen LogP contribution in [-0.4, -0.2) is 29.0 Å². The predicted molar refractivity (Wildman–Crippen MR) is 68.3 cm³/mol. The summed E-state index contributed by atoms with van der Waals surface area (Å²) < 4.78 is 37.1. The molecule has 0 unspecified atom stereocenters. The molecule has 1 aliphatic rings. The normalized spacial score (nSPS) is 16.6. The monoisotopic (exact) mass is 287 g/mol. The molecule has 2 heterocycles. The molecule has 1 fully saturated rings. The summed E-state index contributed by atoms with van der Waals surface area (Å²) in [6.07, 6.45) is 0.681. The number of amides is 2. The first kappa shape index (κ1) is 14.6. The highest BCUT2D eigenvalue weighted by Gasteiger charge is 2.32. The van der Waals surface area contributed by atoms with Gasteiger partial charge >= 0.3 is 12.2 Å². The first-order valence-corrected chi connectivity index (χ1v) is 6.56. The van der Waals surface area contributed by atoms with Crippen LogP contribution in [0.3, 0.4) is 0 Å². The third-order valence-electron chi connectivity index (χ3n) is 3.20. The number of nitrogens with one attached hydrogen (secondary N) is 1. The molecule has 0 bridgehead atoms. The fourth-order valence-electron chi connectivity index (χ4n) is 2.11. The van der Waals surface area contributed by atoms with E-state index in [2.05, 4.69) is 10.3 Å². The molecule has 20 heavy (non-hydrogen) atoms. The summed E-state index contributed by atoms with van der Waals surface area (Å²) in [4.78, 5) is 17.0. The highest BCUT2D eigenvalue weighted by atomic mass is 19.4. The molecular weight excluding hydrogens is 271 g/mol. The minimum absolute atomic E-state index is 0.271.